The van der Waals surface area contributed by atoms with E-state index in [4.69, 9.17) is 23.2 Å². The van der Waals surface area contributed by atoms with Crippen LogP contribution in [0.1, 0.15) is 10.4 Å². The zero-order valence-electron chi connectivity index (χ0n) is 14.9. The van der Waals surface area contributed by atoms with Gasteiger partial charge in [0, 0.05) is 21.8 Å². The van der Waals surface area contributed by atoms with Crippen molar-refractivity contribution in [3.05, 3.63) is 88.2 Å². The van der Waals surface area contributed by atoms with Crippen LogP contribution >= 0.6 is 35.0 Å². The third-order valence-electron chi connectivity index (χ3n) is 3.77. The van der Waals surface area contributed by atoms with E-state index in [1.54, 1.807) is 36.4 Å². The fourth-order valence-corrected chi connectivity index (χ4v) is 3.44. The number of anilines is 2. The van der Waals surface area contributed by atoms with Crippen molar-refractivity contribution in [1.29, 1.82) is 0 Å². The maximum atomic E-state index is 13.0. The van der Waals surface area contributed by atoms with Crippen molar-refractivity contribution in [3.63, 3.8) is 0 Å². The van der Waals surface area contributed by atoms with Crippen LogP contribution in [0.4, 0.5) is 15.8 Å². The summed E-state index contributed by atoms with van der Waals surface area (Å²) >= 11 is 13.1. The molecule has 2 N–H and O–H groups in total. The normalized spacial score (nSPS) is 10.4. The largest absolute Gasteiger partial charge is 0.325 e. The first kappa shape index (κ1) is 21.2. The van der Waals surface area contributed by atoms with E-state index in [1.807, 2.05) is 6.07 Å². The highest BCUT2D eigenvalue weighted by atomic mass is 35.5. The first-order valence-electron chi connectivity index (χ1n) is 8.45. The third-order valence-corrected chi connectivity index (χ3v) is 5.50. The molecule has 3 aromatic carbocycles. The van der Waals surface area contributed by atoms with Crippen LogP contribution in [0.15, 0.2) is 71.6 Å². The molecule has 0 spiro atoms. The molecule has 8 heteroatoms. The minimum Gasteiger partial charge on any atom is -0.325 e. The summed E-state index contributed by atoms with van der Waals surface area (Å²) in [5.41, 5.74) is 1.49. The molecule has 0 aliphatic heterocycles. The van der Waals surface area contributed by atoms with E-state index in [1.165, 1.54) is 36.0 Å². The average molecular weight is 449 g/mol. The Kier molecular flexibility index (Phi) is 7.14. The monoisotopic (exact) mass is 448 g/mol. The number of halogens is 3. The molecule has 3 rings (SSSR count). The van der Waals surface area contributed by atoms with E-state index in [9.17, 15) is 14.0 Å². The highest BCUT2D eigenvalue weighted by Gasteiger charge is 2.09. The molecule has 4 nitrogen and oxygen atoms in total. The van der Waals surface area contributed by atoms with Gasteiger partial charge in [0.25, 0.3) is 5.91 Å². The van der Waals surface area contributed by atoms with Gasteiger partial charge in [-0.2, -0.15) is 0 Å². The van der Waals surface area contributed by atoms with Gasteiger partial charge >= 0.3 is 0 Å². The van der Waals surface area contributed by atoms with Gasteiger partial charge in [-0.3, -0.25) is 9.59 Å². The van der Waals surface area contributed by atoms with E-state index in [0.717, 1.165) is 4.90 Å². The molecule has 0 aromatic heterocycles. The highest BCUT2D eigenvalue weighted by Crippen LogP contribution is 2.26. The number of hydrogen-bond acceptors (Lipinski definition) is 3. The number of carbonyl (C=O) groups is 2. The smallest absolute Gasteiger partial charge is 0.255 e. The first-order chi connectivity index (χ1) is 13.9. The van der Waals surface area contributed by atoms with Crippen molar-refractivity contribution in [2.24, 2.45) is 0 Å². The molecule has 0 heterocycles. The predicted molar refractivity (Wildman–Crippen MR) is 117 cm³/mol. The van der Waals surface area contributed by atoms with Crippen LogP contribution in [0.5, 0.6) is 0 Å². The molecule has 0 saturated heterocycles. The summed E-state index contributed by atoms with van der Waals surface area (Å²) in [6, 6.07) is 17.3. The van der Waals surface area contributed by atoms with Crippen LogP contribution in [0.3, 0.4) is 0 Å². The summed E-state index contributed by atoms with van der Waals surface area (Å²) in [5.74, 6) is -0.770. The van der Waals surface area contributed by atoms with Crippen LogP contribution in [-0.2, 0) is 4.79 Å². The molecule has 0 aliphatic rings. The Balaban J connectivity index is 1.56. The Labute approximate surface area is 181 Å². The van der Waals surface area contributed by atoms with Gasteiger partial charge in [0.05, 0.1) is 15.8 Å². The van der Waals surface area contributed by atoms with E-state index < -0.39 is 5.82 Å². The number of hydrogen-bond donors (Lipinski definition) is 2. The number of thioether (sulfide) groups is 1. The Morgan fingerprint density at radius 2 is 1.59 bits per heavy atom. The summed E-state index contributed by atoms with van der Waals surface area (Å²) in [6.45, 7) is 0. The predicted octanol–water partition coefficient (Wildman–Crippen LogP) is 6.12. The number of carbonyl (C=O) groups excluding carboxylic acids is 2. The second-order valence-corrected chi connectivity index (χ2v) is 7.82. The van der Waals surface area contributed by atoms with Crippen molar-refractivity contribution in [2.75, 3.05) is 16.4 Å². The van der Waals surface area contributed by atoms with Gasteiger partial charge in [-0.05, 0) is 60.7 Å². The molecule has 29 heavy (non-hydrogen) atoms. The molecule has 0 atom stereocenters. The molecule has 0 bridgehead atoms. The first-order valence-corrected chi connectivity index (χ1v) is 10.2. The number of amides is 2. The maximum absolute atomic E-state index is 13.0. The summed E-state index contributed by atoms with van der Waals surface area (Å²) < 4.78 is 13.0. The number of nitrogens with one attached hydrogen (secondary N) is 2. The minimum absolute atomic E-state index is 0.176. The standard InChI is InChI=1S/C21H15Cl2FN2O2S/c22-18-9-8-16(11-19(18)23)25-20(27)12-29-17-3-1-2-15(10-17)26-21(28)13-4-6-14(24)7-5-13/h1-11H,12H2,(H,25,27)(H,26,28). The van der Waals surface area contributed by atoms with Gasteiger partial charge in [0.15, 0.2) is 0 Å². The molecule has 0 unspecified atom stereocenters. The molecule has 148 valence electrons. The van der Waals surface area contributed by atoms with E-state index in [0.29, 0.717) is 27.0 Å². The third kappa shape index (κ3) is 6.22. The fraction of sp³-hybridized carbons (Fsp3) is 0.0476. The minimum atomic E-state index is -0.404. The Bertz CT molecular complexity index is 1050. The molecule has 0 fully saturated rings. The maximum Gasteiger partial charge on any atom is 0.255 e. The Hall–Kier alpha value is -2.54. The van der Waals surface area contributed by atoms with E-state index in [2.05, 4.69) is 10.6 Å². The van der Waals surface area contributed by atoms with Gasteiger partial charge in [-0.15, -0.1) is 11.8 Å². The lowest BCUT2D eigenvalue weighted by Crippen LogP contribution is -2.14. The second-order valence-electron chi connectivity index (χ2n) is 5.95. The Morgan fingerprint density at radius 3 is 2.31 bits per heavy atom. The van der Waals surface area contributed by atoms with Gasteiger partial charge in [0.1, 0.15) is 5.82 Å². The summed E-state index contributed by atoms with van der Waals surface area (Å²) in [6.07, 6.45) is 0. The van der Waals surface area contributed by atoms with Crippen molar-refractivity contribution >= 4 is 58.2 Å². The topological polar surface area (TPSA) is 58.2 Å². The highest BCUT2D eigenvalue weighted by molar-refractivity contribution is 8.00. The van der Waals surface area contributed by atoms with Crippen LogP contribution in [0, 0.1) is 5.82 Å². The zero-order valence-corrected chi connectivity index (χ0v) is 17.2. The fourth-order valence-electron chi connectivity index (χ4n) is 2.39. The zero-order chi connectivity index (χ0) is 20.8. The quantitative estimate of drug-likeness (QED) is 0.446. The number of rotatable bonds is 6. The molecule has 2 amide bonds. The second kappa shape index (κ2) is 9.78. The Morgan fingerprint density at radius 1 is 0.862 bits per heavy atom. The molecule has 0 aliphatic carbocycles. The summed E-state index contributed by atoms with van der Waals surface area (Å²) in [4.78, 5) is 25.2. The number of benzene rings is 3. The van der Waals surface area contributed by atoms with Crippen molar-refractivity contribution in [1.82, 2.24) is 0 Å². The lowest BCUT2D eigenvalue weighted by Gasteiger charge is -2.08. The molecular weight excluding hydrogens is 434 g/mol. The van der Waals surface area contributed by atoms with Crippen LogP contribution in [-0.4, -0.2) is 17.6 Å². The molecule has 0 saturated carbocycles. The van der Waals surface area contributed by atoms with E-state index >= 15 is 0 Å². The molecule has 0 radical (unpaired) electrons. The van der Waals surface area contributed by atoms with Crippen molar-refractivity contribution in [2.45, 2.75) is 4.90 Å². The lowest BCUT2D eigenvalue weighted by molar-refractivity contribution is -0.113. The molecular formula is C21H15Cl2FN2O2S. The van der Waals surface area contributed by atoms with Crippen LogP contribution in [0.2, 0.25) is 10.0 Å². The molecule has 3 aromatic rings. The van der Waals surface area contributed by atoms with Crippen LogP contribution in [0.25, 0.3) is 0 Å². The van der Waals surface area contributed by atoms with Gasteiger partial charge in [-0.1, -0.05) is 29.3 Å². The van der Waals surface area contributed by atoms with Crippen LogP contribution < -0.4 is 10.6 Å². The lowest BCUT2D eigenvalue weighted by atomic mass is 10.2. The van der Waals surface area contributed by atoms with Crippen molar-refractivity contribution < 1.29 is 14.0 Å². The van der Waals surface area contributed by atoms with Crippen molar-refractivity contribution in [3.8, 4) is 0 Å². The SMILES string of the molecule is O=C(CSc1cccc(NC(=O)c2ccc(F)cc2)c1)Nc1ccc(Cl)c(Cl)c1. The summed E-state index contributed by atoms with van der Waals surface area (Å²) in [5, 5.41) is 6.28. The van der Waals surface area contributed by atoms with Gasteiger partial charge < -0.3 is 10.6 Å². The van der Waals surface area contributed by atoms with E-state index in [-0.39, 0.29) is 17.6 Å². The van der Waals surface area contributed by atoms with Gasteiger partial charge in [0.2, 0.25) is 5.91 Å². The van der Waals surface area contributed by atoms with Gasteiger partial charge in [-0.25, -0.2) is 4.39 Å². The summed E-state index contributed by atoms with van der Waals surface area (Å²) in [7, 11) is 0. The average Bonchev–Trinajstić information content (AvgIpc) is 2.70.